The normalized spacial score (nSPS) is 25.9. The van der Waals surface area contributed by atoms with Gasteiger partial charge in [-0.05, 0) is 49.4 Å². The van der Waals surface area contributed by atoms with Gasteiger partial charge in [0.1, 0.15) is 5.82 Å². The van der Waals surface area contributed by atoms with Gasteiger partial charge in [0.05, 0.1) is 28.7 Å². The van der Waals surface area contributed by atoms with Crippen molar-refractivity contribution in [2.45, 2.75) is 38.5 Å². The summed E-state index contributed by atoms with van der Waals surface area (Å²) >= 11 is 1.45. The molecule has 4 heterocycles. The van der Waals surface area contributed by atoms with Gasteiger partial charge in [0.25, 0.3) is 0 Å². The van der Waals surface area contributed by atoms with E-state index in [1.54, 1.807) is 13.0 Å². The maximum absolute atomic E-state index is 15.0. The van der Waals surface area contributed by atoms with Crippen LogP contribution >= 0.6 is 11.3 Å². The van der Waals surface area contributed by atoms with Crippen molar-refractivity contribution in [2.24, 2.45) is 5.41 Å². The zero-order chi connectivity index (χ0) is 22.6. The molecule has 0 radical (unpaired) electrons. The molecular weight excluding hydrogens is 433 g/mol. The Morgan fingerprint density at radius 2 is 1.94 bits per heavy atom. The van der Waals surface area contributed by atoms with E-state index in [-0.39, 0.29) is 18.1 Å². The molecule has 0 unspecified atom stereocenters. The van der Waals surface area contributed by atoms with Gasteiger partial charge in [-0.25, -0.2) is 9.18 Å². The van der Waals surface area contributed by atoms with Gasteiger partial charge in [-0.1, -0.05) is 17.9 Å². The average molecular weight is 453 g/mol. The summed E-state index contributed by atoms with van der Waals surface area (Å²) in [6, 6.07) is 5.19. The van der Waals surface area contributed by atoms with Crippen molar-refractivity contribution in [3.8, 4) is 11.8 Å². The standard InChI is InChI=1S/C23H20FN3O4S/c1-12-11-27-18-9-17(24)14(5-6-16-4-3-7-32-16)8-15(18)10-23(19(27)13(2)31-12)20(28)25-22(30)26-21(23)29/h3-4,7-9,12-13,19H,10-11H2,1-2H3,(H2,25,26,28,29,30)/t12-,13+,19-/m1/s1. The molecule has 0 saturated carbocycles. The number of nitrogens with zero attached hydrogens (tertiary/aromatic N) is 1. The second-order valence-electron chi connectivity index (χ2n) is 8.32. The third kappa shape index (κ3) is 3.10. The van der Waals surface area contributed by atoms with E-state index in [1.807, 2.05) is 29.3 Å². The summed E-state index contributed by atoms with van der Waals surface area (Å²) in [4.78, 5) is 40.7. The number of carbonyl (C=O) groups excluding carboxylic acids is 3. The Morgan fingerprint density at radius 1 is 1.19 bits per heavy atom. The number of rotatable bonds is 0. The second kappa shape index (κ2) is 7.43. The molecule has 2 aromatic rings. The molecule has 3 atom stereocenters. The van der Waals surface area contributed by atoms with Crippen molar-refractivity contribution in [1.82, 2.24) is 10.6 Å². The molecule has 2 fully saturated rings. The lowest BCUT2D eigenvalue weighted by molar-refractivity contribution is -0.153. The topological polar surface area (TPSA) is 87.7 Å². The lowest BCUT2D eigenvalue weighted by Gasteiger charge is -2.55. The molecule has 9 heteroatoms. The van der Waals surface area contributed by atoms with Gasteiger partial charge < -0.3 is 9.64 Å². The van der Waals surface area contributed by atoms with Crippen LogP contribution in [-0.2, 0) is 20.7 Å². The highest BCUT2D eigenvalue weighted by Gasteiger charge is 2.62. The van der Waals surface area contributed by atoms with Gasteiger partial charge in [0.15, 0.2) is 5.41 Å². The Bertz CT molecular complexity index is 1180. The zero-order valence-electron chi connectivity index (χ0n) is 17.4. The number of benzene rings is 1. The molecular formula is C23H20FN3O4S. The predicted octanol–water partition coefficient (Wildman–Crippen LogP) is 2.18. The van der Waals surface area contributed by atoms with E-state index in [0.29, 0.717) is 17.8 Å². The van der Waals surface area contributed by atoms with Crippen LogP contribution in [0.25, 0.3) is 0 Å². The first-order chi connectivity index (χ1) is 15.3. The number of carbonyl (C=O) groups is 3. The monoisotopic (exact) mass is 453 g/mol. The fourth-order valence-electron chi connectivity index (χ4n) is 5.03. The summed E-state index contributed by atoms with van der Waals surface area (Å²) in [6.07, 6.45) is -0.690. The number of urea groups is 1. The van der Waals surface area contributed by atoms with Crippen molar-refractivity contribution >= 4 is 34.9 Å². The van der Waals surface area contributed by atoms with Crippen LogP contribution in [0.15, 0.2) is 29.6 Å². The highest BCUT2D eigenvalue weighted by molar-refractivity contribution is 7.10. The van der Waals surface area contributed by atoms with E-state index in [9.17, 15) is 14.4 Å². The molecule has 5 rings (SSSR count). The molecule has 164 valence electrons. The summed E-state index contributed by atoms with van der Waals surface area (Å²) in [5, 5.41) is 6.37. The smallest absolute Gasteiger partial charge is 0.328 e. The molecule has 4 amide bonds. The summed E-state index contributed by atoms with van der Waals surface area (Å²) < 4.78 is 21.0. The van der Waals surface area contributed by atoms with E-state index in [0.717, 1.165) is 4.88 Å². The first-order valence-corrected chi connectivity index (χ1v) is 11.1. The largest absolute Gasteiger partial charge is 0.372 e. The predicted molar refractivity (Wildman–Crippen MR) is 116 cm³/mol. The number of fused-ring (bicyclic) bond motifs is 4. The number of anilines is 1. The molecule has 1 aromatic heterocycles. The Morgan fingerprint density at radius 3 is 2.62 bits per heavy atom. The number of hydrogen-bond acceptors (Lipinski definition) is 6. The van der Waals surface area contributed by atoms with Crippen LogP contribution in [0.4, 0.5) is 14.9 Å². The number of thiophene rings is 1. The number of barbiturate groups is 1. The van der Waals surface area contributed by atoms with Gasteiger partial charge in [-0.15, -0.1) is 11.3 Å². The Balaban J connectivity index is 1.66. The van der Waals surface area contributed by atoms with Crippen LogP contribution in [0.3, 0.4) is 0 Å². The third-order valence-electron chi connectivity index (χ3n) is 6.24. The van der Waals surface area contributed by atoms with E-state index in [1.165, 1.54) is 17.4 Å². The van der Waals surface area contributed by atoms with Crippen molar-refractivity contribution in [2.75, 3.05) is 11.4 Å². The Kier molecular flexibility index (Phi) is 4.80. The minimum atomic E-state index is -1.59. The van der Waals surface area contributed by atoms with Crippen LogP contribution in [0.1, 0.15) is 29.9 Å². The molecule has 0 aliphatic carbocycles. The van der Waals surface area contributed by atoms with Crippen LogP contribution in [-0.4, -0.2) is 42.6 Å². The molecule has 2 N–H and O–H groups in total. The number of halogens is 1. The zero-order valence-corrected chi connectivity index (χ0v) is 18.2. The highest BCUT2D eigenvalue weighted by Crippen LogP contribution is 2.47. The SMILES string of the molecule is C[C@@H]1CN2c3cc(F)c(C#Cc4cccs4)cc3CC3(C(=O)NC(=O)NC3=O)[C@H]2[C@H](C)O1. The van der Waals surface area contributed by atoms with Gasteiger partial charge >= 0.3 is 6.03 Å². The number of hydrogen-bond donors (Lipinski definition) is 2. The molecule has 0 bridgehead atoms. The Labute approximate surface area is 187 Å². The lowest BCUT2D eigenvalue weighted by atomic mass is 9.66. The lowest BCUT2D eigenvalue weighted by Crippen LogP contribution is -2.75. The first kappa shape index (κ1) is 20.7. The van der Waals surface area contributed by atoms with Crippen LogP contribution < -0.4 is 15.5 Å². The van der Waals surface area contributed by atoms with Gasteiger partial charge in [0.2, 0.25) is 11.8 Å². The molecule has 3 aliphatic rings. The fraction of sp³-hybridized carbons (Fsp3) is 0.348. The summed E-state index contributed by atoms with van der Waals surface area (Å²) in [6.45, 7) is 4.04. The van der Waals surface area contributed by atoms with E-state index < -0.39 is 41.2 Å². The van der Waals surface area contributed by atoms with Gasteiger partial charge in [-0.2, -0.15) is 0 Å². The number of imide groups is 2. The van der Waals surface area contributed by atoms with Crippen molar-refractivity contribution in [1.29, 1.82) is 0 Å². The second-order valence-corrected chi connectivity index (χ2v) is 9.27. The summed E-state index contributed by atoms with van der Waals surface area (Å²) in [7, 11) is 0. The number of morpholine rings is 1. The minimum Gasteiger partial charge on any atom is -0.372 e. The van der Waals surface area contributed by atoms with Crippen LogP contribution in [0.5, 0.6) is 0 Å². The van der Waals surface area contributed by atoms with E-state index >= 15 is 4.39 Å². The quantitative estimate of drug-likeness (QED) is 0.472. The van der Waals surface area contributed by atoms with Crippen LogP contribution in [0.2, 0.25) is 0 Å². The van der Waals surface area contributed by atoms with Crippen molar-refractivity contribution in [3.63, 3.8) is 0 Å². The molecule has 1 spiro atoms. The summed E-state index contributed by atoms with van der Waals surface area (Å²) in [5.41, 5.74) is -0.164. The molecule has 32 heavy (non-hydrogen) atoms. The van der Waals surface area contributed by atoms with E-state index in [4.69, 9.17) is 4.74 Å². The van der Waals surface area contributed by atoms with Gasteiger partial charge in [0, 0.05) is 12.2 Å². The number of amides is 4. The van der Waals surface area contributed by atoms with Crippen LogP contribution in [0, 0.1) is 23.1 Å². The van der Waals surface area contributed by atoms with Crippen molar-refractivity contribution in [3.05, 3.63) is 51.5 Å². The molecule has 2 saturated heterocycles. The average Bonchev–Trinajstić information content (AvgIpc) is 3.24. The van der Waals surface area contributed by atoms with E-state index in [2.05, 4.69) is 22.5 Å². The first-order valence-electron chi connectivity index (χ1n) is 10.3. The Hall–Kier alpha value is -3.22. The minimum absolute atomic E-state index is 0.00445. The fourth-order valence-corrected chi connectivity index (χ4v) is 5.60. The number of ether oxygens (including phenoxy) is 1. The van der Waals surface area contributed by atoms with Gasteiger partial charge in [-0.3, -0.25) is 20.2 Å². The maximum atomic E-state index is 15.0. The third-order valence-corrected chi connectivity index (χ3v) is 7.02. The number of nitrogens with one attached hydrogen (secondary N) is 2. The molecule has 3 aliphatic heterocycles. The molecule has 1 aromatic carbocycles. The van der Waals surface area contributed by atoms with Crippen molar-refractivity contribution < 1.29 is 23.5 Å². The maximum Gasteiger partial charge on any atom is 0.328 e. The highest BCUT2D eigenvalue weighted by atomic mass is 32.1. The summed E-state index contributed by atoms with van der Waals surface area (Å²) in [5.74, 6) is 3.99. The molecule has 7 nitrogen and oxygen atoms in total.